The molecule has 27 heavy (non-hydrogen) atoms. The van der Waals surface area contributed by atoms with Crippen LogP contribution in [0.5, 0.6) is 0 Å². The highest BCUT2D eigenvalue weighted by atomic mass is 19.1. The molecule has 1 aromatic carbocycles. The van der Waals surface area contributed by atoms with Crippen LogP contribution in [0.15, 0.2) is 28.8 Å². The number of aryl methyl sites for hydroxylation is 2. The quantitative estimate of drug-likeness (QED) is 0.895. The van der Waals surface area contributed by atoms with Crippen LogP contribution >= 0.6 is 0 Å². The van der Waals surface area contributed by atoms with Gasteiger partial charge in [-0.25, -0.2) is 9.18 Å². The molecule has 3 aliphatic rings. The molecular formula is C20H25FN4O2. The van der Waals surface area contributed by atoms with Gasteiger partial charge in [0.15, 0.2) is 0 Å². The summed E-state index contributed by atoms with van der Waals surface area (Å²) in [6.45, 7) is 7.16. The Morgan fingerprint density at radius 2 is 2.07 bits per heavy atom. The molecule has 2 amide bonds. The number of halogens is 1. The predicted molar refractivity (Wildman–Crippen MR) is 99.9 cm³/mol. The lowest BCUT2D eigenvalue weighted by molar-refractivity contribution is 0.151. The van der Waals surface area contributed by atoms with E-state index in [9.17, 15) is 9.18 Å². The average molecular weight is 372 g/mol. The highest BCUT2D eigenvalue weighted by Gasteiger charge is 2.37. The van der Waals surface area contributed by atoms with Crippen molar-refractivity contribution in [2.75, 3.05) is 25.0 Å². The Kier molecular flexibility index (Phi) is 4.86. The Morgan fingerprint density at radius 3 is 2.81 bits per heavy atom. The van der Waals surface area contributed by atoms with Crippen LogP contribution in [0.4, 0.5) is 14.9 Å². The number of hydrogen-bond donors (Lipinski definition) is 1. The number of para-hydroxylation sites is 1. The minimum absolute atomic E-state index is 0.135. The van der Waals surface area contributed by atoms with E-state index in [1.807, 2.05) is 18.7 Å². The summed E-state index contributed by atoms with van der Waals surface area (Å²) in [5.41, 5.74) is 2.30. The number of piperidine rings is 1. The molecule has 0 aliphatic carbocycles. The standard InChI is InChI=1S/C20H25FN4O2/c1-13-17(14(2)27-23-13)12-24-9-15-7-8-16(11-24)25(10-15)20(26)22-19-6-4-3-5-18(19)21/h3-6,15-16H,7-12H2,1-2H3,(H,22,26)/t15-,16+/m0/s1. The SMILES string of the molecule is Cc1noc(C)c1CN1C[C@@H]2CC[C@H](C1)N(C(=O)Nc1ccccc1F)C2. The molecule has 1 N–H and O–H groups in total. The van der Waals surface area contributed by atoms with Gasteiger partial charge in [0.25, 0.3) is 0 Å². The average Bonchev–Trinajstić information content (AvgIpc) is 2.83. The third-order valence-electron chi connectivity index (χ3n) is 5.73. The van der Waals surface area contributed by atoms with E-state index in [-0.39, 0.29) is 17.8 Å². The fourth-order valence-corrected chi connectivity index (χ4v) is 4.26. The van der Waals surface area contributed by atoms with Gasteiger partial charge in [-0.1, -0.05) is 17.3 Å². The van der Waals surface area contributed by atoms with Crippen LogP contribution in [0.2, 0.25) is 0 Å². The molecule has 3 aliphatic heterocycles. The summed E-state index contributed by atoms with van der Waals surface area (Å²) in [7, 11) is 0. The zero-order valence-electron chi connectivity index (χ0n) is 15.7. The third-order valence-corrected chi connectivity index (χ3v) is 5.73. The smallest absolute Gasteiger partial charge is 0.322 e. The van der Waals surface area contributed by atoms with Gasteiger partial charge in [0.1, 0.15) is 11.6 Å². The summed E-state index contributed by atoms with van der Waals surface area (Å²) < 4.78 is 19.2. The molecule has 1 aromatic heterocycles. The number of nitrogens with zero attached hydrogens (tertiary/aromatic N) is 3. The Morgan fingerprint density at radius 1 is 1.26 bits per heavy atom. The minimum atomic E-state index is -0.411. The van der Waals surface area contributed by atoms with Gasteiger partial charge in [-0.3, -0.25) is 4.90 Å². The van der Waals surface area contributed by atoms with Gasteiger partial charge in [-0.15, -0.1) is 0 Å². The molecule has 5 rings (SSSR count). The first-order valence-electron chi connectivity index (χ1n) is 9.47. The van der Waals surface area contributed by atoms with Crippen LogP contribution < -0.4 is 5.32 Å². The maximum atomic E-state index is 13.9. The first kappa shape index (κ1) is 18.0. The summed E-state index contributed by atoms with van der Waals surface area (Å²) in [4.78, 5) is 17.1. The first-order chi connectivity index (χ1) is 13.0. The Hall–Kier alpha value is -2.41. The highest BCUT2D eigenvalue weighted by molar-refractivity contribution is 5.89. The summed E-state index contributed by atoms with van der Waals surface area (Å²) in [5.74, 6) is 0.875. The molecule has 6 nitrogen and oxygen atoms in total. The summed E-state index contributed by atoms with van der Waals surface area (Å²) in [6, 6.07) is 6.21. The maximum Gasteiger partial charge on any atom is 0.322 e. The van der Waals surface area contributed by atoms with Crippen LogP contribution in [0.3, 0.4) is 0 Å². The fraction of sp³-hybridized carbons (Fsp3) is 0.500. The first-order valence-corrected chi connectivity index (χ1v) is 9.47. The van der Waals surface area contributed by atoms with E-state index in [2.05, 4.69) is 15.4 Å². The molecule has 2 aromatic rings. The molecule has 2 atom stereocenters. The lowest BCUT2D eigenvalue weighted by atomic mass is 9.95. The van der Waals surface area contributed by atoms with E-state index in [1.54, 1.807) is 18.2 Å². The summed E-state index contributed by atoms with van der Waals surface area (Å²) in [6.07, 6.45) is 2.10. The number of nitrogens with one attached hydrogen (secondary N) is 1. The molecule has 0 radical (unpaired) electrons. The third kappa shape index (κ3) is 3.69. The number of amides is 2. The van der Waals surface area contributed by atoms with E-state index in [0.29, 0.717) is 12.5 Å². The van der Waals surface area contributed by atoms with E-state index < -0.39 is 5.82 Å². The van der Waals surface area contributed by atoms with E-state index in [1.165, 1.54) is 6.07 Å². The zero-order chi connectivity index (χ0) is 19.0. The number of aromatic nitrogens is 1. The van der Waals surface area contributed by atoms with Gasteiger partial charge in [0.2, 0.25) is 0 Å². The second-order valence-electron chi connectivity index (χ2n) is 7.66. The number of anilines is 1. The lowest BCUT2D eigenvalue weighted by Gasteiger charge is -2.36. The number of fused-ring (bicyclic) bond motifs is 4. The summed E-state index contributed by atoms with van der Waals surface area (Å²) >= 11 is 0. The highest BCUT2D eigenvalue weighted by Crippen LogP contribution is 2.30. The number of urea groups is 1. The zero-order valence-corrected chi connectivity index (χ0v) is 15.7. The Labute approximate surface area is 158 Å². The molecule has 4 heterocycles. The molecule has 0 spiro atoms. The normalized spacial score (nSPS) is 22.7. The van der Waals surface area contributed by atoms with Gasteiger partial charge < -0.3 is 14.7 Å². The van der Waals surface area contributed by atoms with Crippen LogP contribution in [-0.2, 0) is 6.54 Å². The van der Waals surface area contributed by atoms with Crippen molar-refractivity contribution in [3.05, 3.63) is 47.1 Å². The molecule has 0 saturated carbocycles. The number of benzene rings is 1. The van der Waals surface area contributed by atoms with Crippen LogP contribution in [0, 0.1) is 25.6 Å². The van der Waals surface area contributed by atoms with Crippen molar-refractivity contribution >= 4 is 11.7 Å². The monoisotopic (exact) mass is 372 g/mol. The minimum Gasteiger partial charge on any atom is -0.361 e. The van der Waals surface area contributed by atoms with Crippen molar-refractivity contribution in [2.24, 2.45) is 5.92 Å². The second kappa shape index (κ2) is 7.31. The van der Waals surface area contributed by atoms with Crippen LogP contribution in [0.25, 0.3) is 0 Å². The van der Waals surface area contributed by atoms with Gasteiger partial charge in [0.05, 0.1) is 11.4 Å². The molecule has 7 heteroatoms. The number of hydrogen-bond acceptors (Lipinski definition) is 4. The molecule has 0 unspecified atom stereocenters. The van der Waals surface area contributed by atoms with Gasteiger partial charge >= 0.3 is 6.03 Å². The number of rotatable bonds is 3. The molecule has 3 saturated heterocycles. The molecular weight excluding hydrogens is 347 g/mol. The van der Waals surface area contributed by atoms with E-state index in [0.717, 1.165) is 49.5 Å². The number of carbonyl (C=O) groups excluding carboxylic acids is 1. The molecule has 2 bridgehead atoms. The van der Waals surface area contributed by atoms with Crippen LogP contribution in [0.1, 0.15) is 29.9 Å². The topological polar surface area (TPSA) is 61.6 Å². The van der Waals surface area contributed by atoms with Crippen molar-refractivity contribution in [3.8, 4) is 0 Å². The fourth-order valence-electron chi connectivity index (χ4n) is 4.26. The molecule has 3 fully saturated rings. The van der Waals surface area contributed by atoms with Crippen molar-refractivity contribution in [2.45, 2.75) is 39.3 Å². The Balaban J connectivity index is 1.46. The van der Waals surface area contributed by atoms with E-state index >= 15 is 0 Å². The van der Waals surface area contributed by atoms with E-state index in [4.69, 9.17) is 4.52 Å². The van der Waals surface area contributed by atoms with Crippen LogP contribution in [-0.4, -0.2) is 46.7 Å². The lowest BCUT2D eigenvalue weighted by Crippen LogP contribution is -2.49. The predicted octanol–water partition coefficient (Wildman–Crippen LogP) is 3.56. The largest absolute Gasteiger partial charge is 0.361 e. The Bertz CT molecular complexity index is 818. The molecule has 144 valence electrons. The van der Waals surface area contributed by atoms with Crippen molar-refractivity contribution < 1.29 is 13.7 Å². The van der Waals surface area contributed by atoms with Gasteiger partial charge in [-0.05, 0) is 44.7 Å². The summed E-state index contributed by atoms with van der Waals surface area (Å²) in [5, 5.41) is 6.78. The maximum absolute atomic E-state index is 13.9. The second-order valence-corrected chi connectivity index (χ2v) is 7.66. The van der Waals surface area contributed by atoms with Crippen molar-refractivity contribution in [1.29, 1.82) is 0 Å². The number of carbonyl (C=O) groups is 1. The van der Waals surface area contributed by atoms with Gasteiger partial charge in [-0.2, -0.15) is 0 Å². The van der Waals surface area contributed by atoms with Gasteiger partial charge in [0, 0.05) is 37.8 Å². The van der Waals surface area contributed by atoms with Crippen molar-refractivity contribution in [1.82, 2.24) is 15.0 Å². The van der Waals surface area contributed by atoms with Crippen molar-refractivity contribution in [3.63, 3.8) is 0 Å².